The highest BCUT2D eigenvalue weighted by molar-refractivity contribution is 9.91. The number of benzene rings is 2. The lowest BCUT2D eigenvalue weighted by Crippen LogP contribution is -1.84. The molecular formula is C13H9Br2NS2. The SMILES string of the molecule is BrS(Br)(c1ccccc1)c1nc2ccccc2s1. The van der Waals surface area contributed by atoms with Crippen molar-refractivity contribution in [3.63, 3.8) is 0 Å². The van der Waals surface area contributed by atoms with E-state index >= 15 is 0 Å². The first-order valence-corrected chi connectivity index (χ1v) is 11.4. The number of aromatic nitrogens is 1. The molecule has 0 N–H and O–H groups in total. The fraction of sp³-hybridized carbons (Fsp3) is 0. The number of hydrogen-bond donors (Lipinski definition) is 0. The molecule has 5 heteroatoms. The van der Waals surface area contributed by atoms with Gasteiger partial charge in [0.1, 0.15) is 0 Å². The molecule has 0 fully saturated rings. The summed E-state index contributed by atoms with van der Waals surface area (Å²) in [5.41, 5.74) is 1.06. The molecule has 1 nitrogen and oxygen atoms in total. The largest absolute Gasteiger partial charge is 0.229 e. The molecule has 0 radical (unpaired) electrons. The first kappa shape index (κ1) is 12.7. The summed E-state index contributed by atoms with van der Waals surface area (Å²) >= 11 is 9.38. The van der Waals surface area contributed by atoms with Gasteiger partial charge in [0, 0.05) is 4.90 Å². The zero-order valence-electron chi connectivity index (χ0n) is 9.22. The van der Waals surface area contributed by atoms with Crippen molar-refractivity contribution in [1.29, 1.82) is 0 Å². The van der Waals surface area contributed by atoms with Crippen LogP contribution in [-0.2, 0) is 0 Å². The summed E-state index contributed by atoms with van der Waals surface area (Å²) in [5, 5.41) is 0. The number of nitrogens with zero attached hydrogens (tertiary/aromatic N) is 1. The number of halogens is 2. The molecule has 0 amide bonds. The highest BCUT2D eigenvalue weighted by Gasteiger charge is 2.26. The molecule has 0 unspecified atom stereocenters. The van der Waals surface area contributed by atoms with Gasteiger partial charge in [-0.2, -0.15) is 0 Å². The molecule has 0 spiro atoms. The predicted molar refractivity (Wildman–Crippen MR) is 88.0 cm³/mol. The number of rotatable bonds is 2. The van der Waals surface area contributed by atoms with Crippen molar-refractivity contribution in [2.45, 2.75) is 9.24 Å². The average Bonchev–Trinajstić information content (AvgIpc) is 2.84. The predicted octanol–water partition coefficient (Wildman–Crippen LogP) is 6.14. The van der Waals surface area contributed by atoms with Crippen LogP contribution >= 0.6 is 47.9 Å². The van der Waals surface area contributed by atoms with E-state index in [1.54, 1.807) is 11.3 Å². The van der Waals surface area contributed by atoms with E-state index < -0.39 is 6.89 Å². The maximum absolute atomic E-state index is 4.72. The first-order valence-electron chi connectivity index (χ1n) is 5.31. The van der Waals surface area contributed by atoms with Crippen LogP contribution in [0.1, 0.15) is 0 Å². The second-order valence-corrected chi connectivity index (χ2v) is 15.2. The Kier molecular flexibility index (Phi) is 3.49. The molecule has 18 heavy (non-hydrogen) atoms. The van der Waals surface area contributed by atoms with Crippen LogP contribution in [0.5, 0.6) is 0 Å². The zero-order valence-corrected chi connectivity index (χ0v) is 14.0. The summed E-state index contributed by atoms with van der Waals surface area (Å²) in [5.74, 6) is 0. The maximum Gasteiger partial charge on any atom is 0.157 e. The number of thiazole rings is 1. The van der Waals surface area contributed by atoms with Crippen LogP contribution in [0.3, 0.4) is 0 Å². The third kappa shape index (κ3) is 2.25. The minimum Gasteiger partial charge on any atom is -0.229 e. The van der Waals surface area contributed by atoms with Crippen LogP contribution in [0.15, 0.2) is 63.8 Å². The van der Waals surface area contributed by atoms with E-state index in [4.69, 9.17) is 4.98 Å². The van der Waals surface area contributed by atoms with Gasteiger partial charge in [-0.3, -0.25) is 0 Å². The molecule has 0 aliphatic rings. The Hall–Kier alpha value is -0.360. The van der Waals surface area contributed by atoms with Crippen molar-refractivity contribution in [2.75, 3.05) is 0 Å². The van der Waals surface area contributed by atoms with Gasteiger partial charge in [0.15, 0.2) is 4.34 Å². The summed E-state index contributed by atoms with van der Waals surface area (Å²) in [6, 6.07) is 18.6. The molecule has 0 bridgehead atoms. The monoisotopic (exact) mass is 401 g/mol. The maximum atomic E-state index is 4.72. The summed E-state index contributed by atoms with van der Waals surface area (Å²) in [7, 11) is 0. The Morgan fingerprint density at radius 1 is 0.889 bits per heavy atom. The highest BCUT2D eigenvalue weighted by atomic mass is 79.9. The summed E-state index contributed by atoms with van der Waals surface area (Å²) in [4.78, 5) is 5.95. The highest BCUT2D eigenvalue weighted by Crippen LogP contribution is 2.75. The number of para-hydroxylation sites is 1. The van der Waals surface area contributed by atoms with Gasteiger partial charge in [0.2, 0.25) is 0 Å². The van der Waals surface area contributed by atoms with Crippen LogP contribution in [0.4, 0.5) is 0 Å². The van der Waals surface area contributed by atoms with E-state index in [1.165, 1.54) is 9.60 Å². The average molecular weight is 403 g/mol. The first-order chi connectivity index (χ1) is 8.68. The van der Waals surface area contributed by atoms with Crippen molar-refractivity contribution in [3.05, 3.63) is 54.6 Å². The standard InChI is InChI=1S/C13H9Br2NS2/c14-18(15,10-6-2-1-3-7-10)13-16-11-8-4-5-9-12(11)17-13/h1-9H. The minimum absolute atomic E-state index is 1.06. The van der Waals surface area contributed by atoms with Crippen LogP contribution in [-0.4, -0.2) is 4.98 Å². The van der Waals surface area contributed by atoms with Gasteiger partial charge in [0.25, 0.3) is 0 Å². The van der Waals surface area contributed by atoms with Gasteiger partial charge in [0.05, 0.1) is 10.2 Å². The van der Waals surface area contributed by atoms with Gasteiger partial charge in [-0.05, 0) is 60.8 Å². The molecule has 1 heterocycles. The van der Waals surface area contributed by atoms with Crippen LogP contribution in [0.2, 0.25) is 0 Å². The Morgan fingerprint density at radius 3 is 2.28 bits per heavy atom. The van der Waals surface area contributed by atoms with E-state index in [1.807, 2.05) is 30.3 Å². The molecule has 92 valence electrons. The quantitative estimate of drug-likeness (QED) is 0.501. The lowest BCUT2D eigenvalue weighted by molar-refractivity contribution is 1.29. The van der Waals surface area contributed by atoms with Crippen molar-refractivity contribution < 1.29 is 0 Å². The summed E-state index contributed by atoms with van der Waals surface area (Å²) in [6.07, 6.45) is 0. The van der Waals surface area contributed by atoms with E-state index in [2.05, 4.69) is 53.9 Å². The van der Waals surface area contributed by atoms with E-state index in [0.717, 1.165) is 9.86 Å². The van der Waals surface area contributed by atoms with Gasteiger partial charge < -0.3 is 0 Å². The Labute approximate surface area is 126 Å². The van der Waals surface area contributed by atoms with E-state index in [0.29, 0.717) is 0 Å². The lowest BCUT2D eigenvalue weighted by atomic mass is 10.3. The van der Waals surface area contributed by atoms with Crippen LogP contribution in [0.25, 0.3) is 10.2 Å². The minimum atomic E-state index is -1.37. The van der Waals surface area contributed by atoms with Gasteiger partial charge in [-0.15, -0.1) is 11.3 Å². The Morgan fingerprint density at radius 2 is 1.56 bits per heavy atom. The molecule has 0 aliphatic heterocycles. The summed E-state index contributed by atoms with van der Waals surface area (Å²) in [6.45, 7) is -1.37. The molecule has 0 atom stereocenters. The van der Waals surface area contributed by atoms with Gasteiger partial charge >= 0.3 is 0 Å². The lowest BCUT2D eigenvalue weighted by Gasteiger charge is -2.23. The third-order valence-electron chi connectivity index (χ3n) is 2.53. The fourth-order valence-corrected chi connectivity index (χ4v) is 7.16. The van der Waals surface area contributed by atoms with Crippen molar-refractivity contribution in [1.82, 2.24) is 4.98 Å². The number of fused-ring (bicyclic) bond motifs is 1. The smallest absolute Gasteiger partial charge is 0.157 e. The van der Waals surface area contributed by atoms with Gasteiger partial charge in [-0.1, -0.05) is 30.3 Å². The van der Waals surface area contributed by atoms with E-state index in [-0.39, 0.29) is 0 Å². The molecular weight excluding hydrogens is 394 g/mol. The molecule has 3 aromatic rings. The zero-order chi connectivity index (χ0) is 12.6. The number of hydrogen-bond acceptors (Lipinski definition) is 2. The second kappa shape index (κ2) is 4.96. The third-order valence-corrected chi connectivity index (χ3v) is 11.1. The molecule has 0 saturated carbocycles. The Balaban J connectivity index is 2.13. The van der Waals surface area contributed by atoms with Crippen molar-refractivity contribution >= 4 is 58.1 Å². The second-order valence-electron chi connectivity index (χ2n) is 3.73. The molecule has 2 aromatic carbocycles. The normalized spacial score (nSPS) is 12.8. The molecule has 3 rings (SSSR count). The topological polar surface area (TPSA) is 12.9 Å². The fourth-order valence-electron chi connectivity index (χ4n) is 1.65. The van der Waals surface area contributed by atoms with Crippen LogP contribution in [0, 0.1) is 0 Å². The van der Waals surface area contributed by atoms with Gasteiger partial charge in [-0.25, -0.2) is 4.98 Å². The van der Waals surface area contributed by atoms with Crippen molar-refractivity contribution in [2.24, 2.45) is 0 Å². The van der Waals surface area contributed by atoms with Crippen molar-refractivity contribution in [3.8, 4) is 0 Å². The molecule has 0 saturated heterocycles. The molecule has 1 aromatic heterocycles. The van der Waals surface area contributed by atoms with E-state index in [9.17, 15) is 0 Å². The Bertz CT molecular complexity index is 647. The van der Waals surface area contributed by atoms with Crippen LogP contribution < -0.4 is 0 Å². The molecule has 0 aliphatic carbocycles. The summed E-state index contributed by atoms with van der Waals surface area (Å²) < 4.78 is 2.31.